The van der Waals surface area contributed by atoms with E-state index in [-0.39, 0.29) is 0 Å². The molecule has 0 radical (unpaired) electrons. The summed E-state index contributed by atoms with van der Waals surface area (Å²) in [5, 5.41) is 6.94. The highest BCUT2D eigenvalue weighted by Gasteiger charge is 2.04. The third kappa shape index (κ3) is 4.73. The Bertz CT molecular complexity index is 626. The van der Waals surface area contributed by atoms with Gasteiger partial charge in [0.15, 0.2) is 11.5 Å². The summed E-state index contributed by atoms with van der Waals surface area (Å²) in [6, 6.07) is 5.75. The van der Waals surface area contributed by atoms with Crippen molar-refractivity contribution in [2.75, 3.05) is 19.1 Å². The van der Waals surface area contributed by atoms with Crippen LogP contribution < -0.4 is 14.9 Å². The van der Waals surface area contributed by atoms with Crippen molar-refractivity contribution in [3.8, 4) is 11.5 Å². The van der Waals surface area contributed by atoms with Crippen molar-refractivity contribution >= 4 is 22.7 Å². The Balaban J connectivity index is 1.99. The van der Waals surface area contributed by atoms with Crippen LogP contribution in [0.25, 0.3) is 0 Å². The number of benzene rings is 1. The summed E-state index contributed by atoms with van der Waals surface area (Å²) in [5.41, 5.74) is 4.83. The summed E-state index contributed by atoms with van der Waals surface area (Å²) in [5.74, 6) is 1.47. The predicted octanol–water partition coefficient (Wildman–Crippen LogP) is 4.09. The largest absolute Gasteiger partial charge is 0.493 e. The number of aryl methyl sites for hydroxylation is 1. The molecule has 0 spiro atoms. The van der Waals surface area contributed by atoms with Gasteiger partial charge in [-0.15, -0.1) is 11.3 Å². The Morgan fingerprint density at radius 3 is 2.91 bits per heavy atom. The van der Waals surface area contributed by atoms with E-state index in [9.17, 15) is 0 Å². The molecule has 1 N–H and O–H groups in total. The number of thiazole rings is 1. The second kappa shape index (κ2) is 8.38. The minimum atomic E-state index is 0.700. The Labute approximate surface area is 135 Å². The van der Waals surface area contributed by atoms with Crippen LogP contribution in [-0.4, -0.2) is 24.9 Å². The summed E-state index contributed by atoms with van der Waals surface area (Å²) < 4.78 is 11.1. The van der Waals surface area contributed by atoms with E-state index in [0.717, 1.165) is 35.0 Å². The smallest absolute Gasteiger partial charge is 0.203 e. The lowest BCUT2D eigenvalue weighted by Crippen LogP contribution is -1.99. The zero-order valence-electron chi connectivity index (χ0n) is 13.1. The summed E-state index contributed by atoms with van der Waals surface area (Å²) in [6.07, 6.45) is 3.87. The molecule has 5 nitrogen and oxygen atoms in total. The van der Waals surface area contributed by atoms with Crippen molar-refractivity contribution in [3.63, 3.8) is 0 Å². The first-order valence-corrected chi connectivity index (χ1v) is 8.13. The second-order valence-corrected chi connectivity index (χ2v) is 5.63. The minimum absolute atomic E-state index is 0.700. The lowest BCUT2D eigenvalue weighted by Gasteiger charge is -2.10. The molecule has 118 valence electrons. The van der Waals surface area contributed by atoms with Crippen LogP contribution >= 0.6 is 11.3 Å². The van der Waals surface area contributed by atoms with Crippen molar-refractivity contribution < 1.29 is 9.47 Å². The highest BCUT2D eigenvalue weighted by Crippen LogP contribution is 2.27. The number of nitrogens with zero attached hydrogens (tertiary/aromatic N) is 2. The Kier molecular flexibility index (Phi) is 6.21. The molecular formula is C16H21N3O2S. The number of aromatic nitrogens is 1. The van der Waals surface area contributed by atoms with Crippen LogP contribution in [0.3, 0.4) is 0 Å². The molecule has 0 bridgehead atoms. The molecule has 1 aromatic carbocycles. The standard InChI is InChI=1S/C16H21N3O2S/c1-4-5-8-21-14-7-6-13(9-15(14)20-3)10-17-19-16-18-12(2)11-22-16/h6-7,9-11H,4-5,8H2,1-3H3,(H,18,19)/b17-10+. The molecule has 2 aromatic rings. The summed E-state index contributed by atoms with van der Waals surface area (Å²) in [4.78, 5) is 4.28. The first-order valence-electron chi connectivity index (χ1n) is 7.25. The molecule has 1 heterocycles. The SMILES string of the molecule is CCCCOc1ccc(/C=N/Nc2nc(C)cs2)cc1OC. The van der Waals surface area contributed by atoms with Crippen LogP contribution in [0.4, 0.5) is 5.13 Å². The summed E-state index contributed by atoms with van der Waals surface area (Å²) in [7, 11) is 1.64. The van der Waals surface area contributed by atoms with Gasteiger partial charge in [-0.2, -0.15) is 5.10 Å². The topological polar surface area (TPSA) is 55.7 Å². The number of anilines is 1. The third-order valence-corrected chi connectivity index (χ3v) is 3.80. The van der Waals surface area contributed by atoms with Crippen molar-refractivity contribution in [2.24, 2.45) is 5.10 Å². The van der Waals surface area contributed by atoms with Gasteiger partial charge in [0, 0.05) is 5.38 Å². The van der Waals surface area contributed by atoms with Crippen LogP contribution in [0.1, 0.15) is 31.0 Å². The lowest BCUT2D eigenvalue weighted by atomic mass is 10.2. The molecule has 0 saturated heterocycles. The molecule has 2 rings (SSSR count). The fraction of sp³-hybridized carbons (Fsp3) is 0.375. The van der Waals surface area contributed by atoms with E-state index in [1.165, 1.54) is 11.3 Å². The van der Waals surface area contributed by atoms with Crippen LogP contribution in [0.2, 0.25) is 0 Å². The van der Waals surface area contributed by atoms with Crippen molar-refractivity contribution in [1.29, 1.82) is 0 Å². The second-order valence-electron chi connectivity index (χ2n) is 4.78. The van der Waals surface area contributed by atoms with E-state index in [0.29, 0.717) is 12.4 Å². The summed E-state index contributed by atoms with van der Waals surface area (Å²) in [6.45, 7) is 4.79. The van der Waals surface area contributed by atoms with E-state index < -0.39 is 0 Å². The molecule has 0 fully saturated rings. The van der Waals surface area contributed by atoms with E-state index in [1.807, 2.05) is 30.5 Å². The van der Waals surface area contributed by atoms with Crippen LogP contribution in [0, 0.1) is 6.92 Å². The number of methoxy groups -OCH3 is 1. The monoisotopic (exact) mass is 319 g/mol. The fourth-order valence-corrected chi connectivity index (χ4v) is 2.41. The molecule has 0 aliphatic carbocycles. The number of hydrogen-bond donors (Lipinski definition) is 1. The maximum absolute atomic E-state index is 5.71. The fourth-order valence-electron chi connectivity index (χ4n) is 1.78. The molecular weight excluding hydrogens is 298 g/mol. The number of nitrogens with one attached hydrogen (secondary N) is 1. The average Bonchev–Trinajstić information content (AvgIpc) is 2.94. The normalized spacial score (nSPS) is 10.9. The van der Waals surface area contributed by atoms with Crippen LogP contribution in [0.15, 0.2) is 28.7 Å². The maximum atomic E-state index is 5.71. The zero-order chi connectivity index (χ0) is 15.8. The number of hydrazone groups is 1. The van der Waals surface area contributed by atoms with Gasteiger partial charge in [-0.25, -0.2) is 4.98 Å². The van der Waals surface area contributed by atoms with Gasteiger partial charge in [-0.1, -0.05) is 13.3 Å². The first kappa shape index (κ1) is 16.3. The Hall–Kier alpha value is -2.08. The van der Waals surface area contributed by atoms with Gasteiger partial charge >= 0.3 is 0 Å². The van der Waals surface area contributed by atoms with Crippen LogP contribution in [-0.2, 0) is 0 Å². The minimum Gasteiger partial charge on any atom is -0.493 e. The number of rotatable bonds is 8. The molecule has 0 saturated carbocycles. The van der Waals surface area contributed by atoms with Gasteiger partial charge in [-0.3, -0.25) is 5.43 Å². The summed E-state index contributed by atoms with van der Waals surface area (Å²) >= 11 is 1.53. The van der Waals surface area contributed by atoms with E-state index in [1.54, 1.807) is 13.3 Å². The highest BCUT2D eigenvalue weighted by atomic mass is 32.1. The average molecular weight is 319 g/mol. The molecule has 0 aliphatic rings. The van der Waals surface area contributed by atoms with Crippen molar-refractivity contribution in [2.45, 2.75) is 26.7 Å². The van der Waals surface area contributed by atoms with Gasteiger partial charge in [0.25, 0.3) is 0 Å². The first-order chi connectivity index (χ1) is 10.7. The molecule has 0 aliphatic heterocycles. The highest BCUT2D eigenvalue weighted by molar-refractivity contribution is 7.13. The predicted molar refractivity (Wildman–Crippen MR) is 91.5 cm³/mol. The van der Waals surface area contributed by atoms with E-state index >= 15 is 0 Å². The number of ether oxygens (including phenoxy) is 2. The molecule has 1 aromatic heterocycles. The molecule has 0 atom stereocenters. The Morgan fingerprint density at radius 2 is 2.23 bits per heavy atom. The number of unbranched alkanes of at least 4 members (excludes halogenated alkanes) is 1. The molecule has 22 heavy (non-hydrogen) atoms. The van der Waals surface area contributed by atoms with Crippen LogP contribution in [0.5, 0.6) is 11.5 Å². The van der Waals surface area contributed by atoms with Crippen molar-refractivity contribution in [1.82, 2.24) is 4.98 Å². The van der Waals surface area contributed by atoms with Gasteiger partial charge in [0.2, 0.25) is 5.13 Å². The van der Waals surface area contributed by atoms with E-state index in [4.69, 9.17) is 9.47 Å². The molecule has 0 amide bonds. The number of hydrogen-bond acceptors (Lipinski definition) is 6. The molecule has 0 unspecified atom stereocenters. The zero-order valence-corrected chi connectivity index (χ0v) is 13.9. The van der Waals surface area contributed by atoms with Gasteiger partial charge in [0.05, 0.1) is 25.6 Å². The Morgan fingerprint density at radius 1 is 1.36 bits per heavy atom. The van der Waals surface area contributed by atoms with Gasteiger partial charge < -0.3 is 9.47 Å². The van der Waals surface area contributed by atoms with Gasteiger partial charge in [-0.05, 0) is 37.1 Å². The van der Waals surface area contributed by atoms with E-state index in [2.05, 4.69) is 22.4 Å². The lowest BCUT2D eigenvalue weighted by molar-refractivity contribution is 0.288. The quantitative estimate of drug-likeness (QED) is 0.452. The molecule has 6 heteroatoms. The van der Waals surface area contributed by atoms with Gasteiger partial charge in [0.1, 0.15) is 0 Å². The van der Waals surface area contributed by atoms with Crippen molar-refractivity contribution in [3.05, 3.63) is 34.8 Å². The maximum Gasteiger partial charge on any atom is 0.203 e. The third-order valence-electron chi connectivity index (χ3n) is 2.94.